The average molecular weight is 262 g/mol. The van der Waals surface area contributed by atoms with Crippen LogP contribution in [-0.4, -0.2) is 6.04 Å². The third-order valence-electron chi connectivity index (χ3n) is 3.95. The summed E-state index contributed by atoms with van der Waals surface area (Å²) in [5, 5.41) is 4.38. The highest BCUT2D eigenvalue weighted by Crippen LogP contribution is 2.33. The van der Waals surface area contributed by atoms with Crippen LogP contribution in [0.25, 0.3) is 0 Å². The third-order valence-corrected chi connectivity index (χ3v) is 4.39. The molecule has 96 valence electrons. The highest BCUT2D eigenvalue weighted by Gasteiger charge is 2.24. The van der Waals surface area contributed by atoms with Crippen molar-refractivity contribution in [3.63, 3.8) is 0 Å². The van der Waals surface area contributed by atoms with E-state index in [9.17, 15) is 0 Å². The topological polar surface area (TPSA) is 12.0 Å². The van der Waals surface area contributed by atoms with Gasteiger partial charge in [0.25, 0.3) is 0 Å². The molecule has 0 heterocycles. The van der Waals surface area contributed by atoms with Crippen molar-refractivity contribution in [2.45, 2.75) is 45.6 Å². The van der Waals surface area contributed by atoms with E-state index < -0.39 is 0 Å². The number of benzene rings is 1. The molecule has 18 heavy (non-hydrogen) atoms. The van der Waals surface area contributed by atoms with Gasteiger partial charge in [0, 0.05) is 17.3 Å². The minimum absolute atomic E-state index is 0.572. The van der Waals surface area contributed by atoms with E-state index >= 15 is 0 Å². The molecule has 0 aromatic heterocycles. The van der Waals surface area contributed by atoms with Gasteiger partial charge in [0.2, 0.25) is 0 Å². The van der Waals surface area contributed by atoms with Gasteiger partial charge in [-0.2, -0.15) is 0 Å². The van der Waals surface area contributed by atoms with Crippen molar-refractivity contribution in [3.05, 3.63) is 28.3 Å². The second kappa shape index (κ2) is 5.67. The van der Waals surface area contributed by atoms with Crippen LogP contribution in [0.15, 0.2) is 12.1 Å². The number of rotatable bonds is 3. The van der Waals surface area contributed by atoms with Crippen molar-refractivity contribution in [2.24, 2.45) is 5.92 Å². The Hall–Kier alpha value is -1.13. The van der Waals surface area contributed by atoms with E-state index in [1.54, 1.807) is 0 Å². The lowest BCUT2D eigenvalue weighted by atomic mass is 10.0. The van der Waals surface area contributed by atoms with Crippen LogP contribution in [0.1, 0.15) is 44.2 Å². The molecule has 0 bridgehead atoms. The van der Waals surface area contributed by atoms with Gasteiger partial charge in [0.05, 0.1) is 5.02 Å². The summed E-state index contributed by atoms with van der Waals surface area (Å²) in [5.74, 6) is 3.38. The summed E-state index contributed by atoms with van der Waals surface area (Å²) in [6.45, 7) is 4.43. The fourth-order valence-electron chi connectivity index (χ4n) is 2.77. The third kappa shape index (κ3) is 2.49. The summed E-state index contributed by atoms with van der Waals surface area (Å²) < 4.78 is 0. The van der Waals surface area contributed by atoms with Crippen LogP contribution in [-0.2, 0) is 6.42 Å². The van der Waals surface area contributed by atoms with Gasteiger partial charge in [-0.3, -0.25) is 0 Å². The predicted octanol–water partition coefficient (Wildman–Crippen LogP) is 4.48. The maximum Gasteiger partial charge on any atom is 0.0614 e. The van der Waals surface area contributed by atoms with Crippen molar-refractivity contribution in [1.29, 1.82) is 0 Å². The lowest BCUT2D eigenvalue weighted by Crippen LogP contribution is -2.22. The Morgan fingerprint density at radius 2 is 2.22 bits per heavy atom. The molecular weight excluding hydrogens is 242 g/mol. The van der Waals surface area contributed by atoms with E-state index in [-0.39, 0.29) is 0 Å². The van der Waals surface area contributed by atoms with Gasteiger partial charge in [-0.05, 0) is 42.9 Å². The van der Waals surface area contributed by atoms with Crippen LogP contribution < -0.4 is 5.32 Å². The molecule has 2 atom stereocenters. The summed E-state index contributed by atoms with van der Waals surface area (Å²) in [6.07, 6.45) is 10.2. The van der Waals surface area contributed by atoms with E-state index in [0.717, 1.165) is 34.2 Å². The fourth-order valence-corrected chi connectivity index (χ4v) is 3.13. The molecule has 0 amide bonds. The predicted molar refractivity (Wildman–Crippen MR) is 79.2 cm³/mol. The minimum atomic E-state index is 0.572. The van der Waals surface area contributed by atoms with Crippen molar-refractivity contribution < 1.29 is 0 Å². The number of terminal acetylenes is 1. The Balaban J connectivity index is 2.28. The molecule has 1 saturated carbocycles. The number of nitrogens with one attached hydrogen (secondary N) is 1. The van der Waals surface area contributed by atoms with Crippen molar-refractivity contribution in [2.75, 3.05) is 5.32 Å². The van der Waals surface area contributed by atoms with E-state index in [0.29, 0.717) is 6.04 Å². The molecule has 1 aliphatic rings. The first kappa shape index (κ1) is 13.3. The lowest BCUT2D eigenvalue weighted by molar-refractivity contribution is 0.556. The molecular formula is C16H20ClN. The first-order valence-electron chi connectivity index (χ1n) is 6.71. The second-order valence-electron chi connectivity index (χ2n) is 5.11. The SMILES string of the molecule is C#Cc1ccc(N[C@H]2CCC[C@@H]2C)c(CC)c1Cl. The number of hydrogen-bond donors (Lipinski definition) is 1. The first-order chi connectivity index (χ1) is 8.67. The van der Waals surface area contributed by atoms with Crippen LogP contribution >= 0.6 is 11.6 Å². The summed E-state index contributed by atoms with van der Waals surface area (Å²) >= 11 is 6.35. The Morgan fingerprint density at radius 3 is 2.78 bits per heavy atom. The quantitative estimate of drug-likeness (QED) is 0.791. The Morgan fingerprint density at radius 1 is 1.44 bits per heavy atom. The van der Waals surface area contributed by atoms with Crippen molar-refractivity contribution in [3.8, 4) is 12.3 Å². The van der Waals surface area contributed by atoms with Gasteiger partial charge >= 0.3 is 0 Å². The van der Waals surface area contributed by atoms with Gasteiger partial charge in [0.15, 0.2) is 0 Å². The highest BCUT2D eigenvalue weighted by molar-refractivity contribution is 6.33. The smallest absolute Gasteiger partial charge is 0.0614 e. The molecule has 0 aliphatic heterocycles. The zero-order chi connectivity index (χ0) is 13.1. The highest BCUT2D eigenvalue weighted by atomic mass is 35.5. The maximum atomic E-state index is 6.35. The number of anilines is 1. The largest absolute Gasteiger partial charge is 0.382 e. The molecule has 1 fully saturated rings. The standard InChI is InChI=1S/C16H20ClN/c1-4-12-9-10-15(13(5-2)16(12)17)18-14-8-6-7-11(14)3/h1,9-11,14,18H,5-8H2,2-3H3/t11-,14-/m0/s1. The number of halogens is 1. The van der Waals surface area contributed by atoms with E-state index in [1.165, 1.54) is 19.3 Å². The molecule has 1 nitrogen and oxygen atoms in total. The minimum Gasteiger partial charge on any atom is -0.382 e. The summed E-state index contributed by atoms with van der Waals surface area (Å²) in [7, 11) is 0. The summed E-state index contributed by atoms with van der Waals surface area (Å²) in [4.78, 5) is 0. The Labute approximate surface area is 115 Å². The van der Waals surface area contributed by atoms with Crippen LogP contribution in [0.3, 0.4) is 0 Å². The van der Waals surface area contributed by atoms with E-state index in [4.69, 9.17) is 18.0 Å². The van der Waals surface area contributed by atoms with Crippen LogP contribution in [0.2, 0.25) is 5.02 Å². The molecule has 0 spiro atoms. The molecule has 0 radical (unpaired) electrons. The molecule has 0 unspecified atom stereocenters. The molecule has 2 heteroatoms. The van der Waals surface area contributed by atoms with Crippen LogP contribution in [0.5, 0.6) is 0 Å². The van der Waals surface area contributed by atoms with E-state index in [2.05, 4.69) is 31.2 Å². The monoisotopic (exact) mass is 261 g/mol. The van der Waals surface area contributed by atoms with Gasteiger partial charge in [0.1, 0.15) is 0 Å². The van der Waals surface area contributed by atoms with Gasteiger partial charge in [-0.25, -0.2) is 0 Å². The molecule has 1 aliphatic carbocycles. The Kier molecular flexibility index (Phi) is 4.19. The molecule has 2 rings (SSSR count). The van der Waals surface area contributed by atoms with Gasteiger partial charge in [-0.15, -0.1) is 6.42 Å². The molecule has 1 aromatic rings. The van der Waals surface area contributed by atoms with Crippen molar-refractivity contribution >= 4 is 17.3 Å². The molecule has 0 saturated heterocycles. The number of hydrogen-bond acceptors (Lipinski definition) is 1. The zero-order valence-electron chi connectivity index (χ0n) is 11.1. The second-order valence-corrected chi connectivity index (χ2v) is 5.49. The van der Waals surface area contributed by atoms with Gasteiger partial charge in [-0.1, -0.05) is 37.8 Å². The average Bonchev–Trinajstić information content (AvgIpc) is 2.76. The summed E-state index contributed by atoms with van der Waals surface area (Å²) in [5.41, 5.74) is 3.09. The lowest BCUT2D eigenvalue weighted by Gasteiger charge is -2.21. The van der Waals surface area contributed by atoms with Crippen molar-refractivity contribution in [1.82, 2.24) is 0 Å². The summed E-state index contributed by atoms with van der Waals surface area (Å²) in [6, 6.07) is 4.58. The zero-order valence-corrected chi connectivity index (χ0v) is 11.8. The maximum absolute atomic E-state index is 6.35. The van der Waals surface area contributed by atoms with Crippen LogP contribution in [0.4, 0.5) is 5.69 Å². The molecule has 1 aromatic carbocycles. The molecule has 1 N–H and O–H groups in total. The fraction of sp³-hybridized carbons (Fsp3) is 0.500. The normalized spacial score (nSPS) is 22.8. The van der Waals surface area contributed by atoms with Gasteiger partial charge < -0.3 is 5.32 Å². The van der Waals surface area contributed by atoms with Crippen LogP contribution in [0, 0.1) is 18.3 Å². The Bertz CT molecular complexity index is 473. The first-order valence-corrected chi connectivity index (χ1v) is 7.09. The van der Waals surface area contributed by atoms with E-state index in [1.807, 2.05) is 6.07 Å².